The van der Waals surface area contributed by atoms with E-state index in [4.69, 9.17) is 14.2 Å². The van der Waals surface area contributed by atoms with Gasteiger partial charge in [-0.3, -0.25) is 19.6 Å². The number of carbonyl (C=O) groups is 2. The van der Waals surface area contributed by atoms with Crippen LogP contribution in [-0.4, -0.2) is 79.5 Å². The Morgan fingerprint density at radius 3 is 1.90 bits per heavy atom. The molecule has 0 saturated carbocycles. The zero-order valence-corrected chi connectivity index (χ0v) is 22.8. The summed E-state index contributed by atoms with van der Waals surface area (Å²) >= 11 is 0. The Morgan fingerprint density at radius 1 is 0.800 bits per heavy atom. The average Bonchev–Trinajstić information content (AvgIpc) is 3.45. The van der Waals surface area contributed by atoms with Crippen molar-refractivity contribution in [3.8, 4) is 17.2 Å². The molecule has 2 fully saturated rings. The van der Waals surface area contributed by atoms with Gasteiger partial charge in [0.2, 0.25) is 0 Å². The molecule has 0 aliphatic carbocycles. The van der Waals surface area contributed by atoms with Crippen molar-refractivity contribution in [3.05, 3.63) is 65.3 Å². The number of benzene rings is 2. The molecule has 9 heteroatoms. The Bertz CT molecular complexity index is 1490. The number of hydrogen-bond acceptors (Lipinski definition) is 7. The Labute approximate surface area is 233 Å². The van der Waals surface area contributed by atoms with Crippen molar-refractivity contribution < 1.29 is 23.8 Å². The molecule has 2 aromatic rings. The van der Waals surface area contributed by atoms with Crippen molar-refractivity contribution in [2.24, 2.45) is 9.98 Å². The average molecular weight is 541 g/mol. The summed E-state index contributed by atoms with van der Waals surface area (Å²) in [7, 11) is 1.55. The second-order valence-corrected chi connectivity index (χ2v) is 10.7. The Hall–Kier alpha value is -4.40. The normalized spacial score (nSPS) is 21.1. The van der Waals surface area contributed by atoms with Gasteiger partial charge >= 0.3 is 0 Å². The number of nitrogens with zero attached hydrogens (tertiary/aromatic N) is 4. The third kappa shape index (κ3) is 4.65. The number of rotatable bonds is 7. The molecule has 2 atom stereocenters. The monoisotopic (exact) mass is 540 g/mol. The first-order valence-electron chi connectivity index (χ1n) is 13.5. The number of ether oxygens (including phenoxy) is 3. The number of fused-ring (bicyclic) bond motifs is 4. The zero-order valence-electron chi connectivity index (χ0n) is 22.8. The third-order valence-corrected chi connectivity index (χ3v) is 7.72. The van der Waals surface area contributed by atoms with Crippen LogP contribution in [0.25, 0.3) is 0 Å². The SMILES string of the molecule is C=C1CC2C=Nc3cc(OCCCOc4cc5c(cc4OC)C(=O)N4CC(=C)C[C@H]4C=N5)c(C)cc3C(=O)N2C1. The highest BCUT2D eigenvalue weighted by Crippen LogP contribution is 2.39. The van der Waals surface area contributed by atoms with Gasteiger partial charge in [0, 0.05) is 44.1 Å². The van der Waals surface area contributed by atoms with E-state index in [0.717, 1.165) is 29.6 Å². The molecule has 2 amide bonds. The van der Waals surface area contributed by atoms with E-state index in [0.29, 0.717) is 72.5 Å². The molecule has 4 heterocycles. The standard InChI is InChI=1S/C31H32N4O5/c1-18-8-21-14-32-25-12-27(20(3)10-23(25)30(36)34(21)16-18)39-6-5-7-40-29-13-26-24(11-28(29)38-4)31(37)35-17-19(2)9-22(35)15-33-26/h10-15,21-22H,1-2,5-9,16-17H2,3-4H3/t21?,22-/m0/s1. The van der Waals surface area contributed by atoms with E-state index in [1.165, 1.54) is 0 Å². The molecule has 6 rings (SSSR count). The molecule has 0 bridgehead atoms. The Morgan fingerprint density at radius 2 is 1.32 bits per heavy atom. The molecule has 4 aliphatic heterocycles. The molecule has 0 radical (unpaired) electrons. The number of methoxy groups -OCH3 is 1. The highest BCUT2D eigenvalue weighted by molar-refractivity contribution is 6.04. The first kappa shape index (κ1) is 25.9. The summed E-state index contributed by atoms with van der Waals surface area (Å²) in [5.41, 5.74) is 5.21. The predicted molar refractivity (Wildman–Crippen MR) is 153 cm³/mol. The molecule has 0 N–H and O–H groups in total. The second-order valence-electron chi connectivity index (χ2n) is 10.7. The summed E-state index contributed by atoms with van der Waals surface area (Å²) in [5.74, 6) is 1.59. The number of hydrogen-bond donors (Lipinski definition) is 0. The maximum Gasteiger partial charge on any atom is 0.257 e. The highest BCUT2D eigenvalue weighted by atomic mass is 16.5. The van der Waals surface area contributed by atoms with Gasteiger partial charge in [0.05, 0.1) is 54.9 Å². The minimum Gasteiger partial charge on any atom is -0.493 e. The number of amides is 2. The van der Waals surface area contributed by atoms with E-state index in [1.54, 1.807) is 24.1 Å². The van der Waals surface area contributed by atoms with Gasteiger partial charge in [-0.15, -0.1) is 0 Å². The van der Waals surface area contributed by atoms with E-state index in [2.05, 4.69) is 23.1 Å². The largest absolute Gasteiger partial charge is 0.493 e. The number of aryl methyl sites for hydroxylation is 1. The van der Waals surface area contributed by atoms with Crippen molar-refractivity contribution in [3.63, 3.8) is 0 Å². The lowest BCUT2D eigenvalue weighted by Gasteiger charge is -2.20. The lowest BCUT2D eigenvalue weighted by Crippen LogP contribution is -2.35. The maximum atomic E-state index is 13.2. The van der Waals surface area contributed by atoms with Crippen LogP contribution in [0.4, 0.5) is 11.4 Å². The van der Waals surface area contributed by atoms with Crippen LogP contribution in [0.15, 0.2) is 58.6 Å². The minimum absolute atomic E-state index is 0.0224. The molecule has 0 spiro atoms. The lowest BCUT2D eigenvalue weighted by molar-refractivity contribution is 0.0770. The van der Waals surface area contributed by atoms with Crippen LogP contribution in [0.2, 0.25) is 0 Å². The quantitative estimate of drug-likeness (QED) is 0.371. The molecule has 0 aromatic heterocycles. The van der Waals surface area contributed by atoms with Crippen molar-refractivity contribution >= 4 is 35.6 Å². The van der Waals surface area contributed by atoms with Crippen LogP contribution in [0.1, 0.15) is 45.5 Å². The molecule has 4 aliphatic rings. The summed E-state index contributed by atoms with van der Waals surface area (Å²) in [6.45, 7) is 11.9. The van der Waals surface area contributed by atoms with Gasteiger partial charge in [-0.1, -0.05) is 24.3 Å². The van der Waals surface area contributed by atoms with Crippen molar-refractivity contribution in [2.75, 3.05) is 33.4 Å². The van der Waals surface area contributed by atoms with Crippen molar-refractivity contribution in [1.82, 2.24) is 9.80 Å². The van der Waals surface area contributed by atoms with Crippen molar-refractivity contribution in [2.45, 2.75) is 38.3 Å². The number of carbonyl (C=O) groups excluding carboxylic acids is 2. The van der Waals surface area contributed by atoms with Crippen LogP contribution in [0.3, 0.4) is 0 Å². The number of aliphatic imine (C=N–C) groups is 2. The Balaban J connectivity index is 1.09. The summed E-state index contributed by atoms with van der Waals surface area (Å²) in [4.78, 5) is 39.1. The first-order chi connectivity index (χ1) is 19.3. The van der Waals surface area contributed by atoms with E-state index in [9.17, 15) is 9.59 Å². The van der Waals surface area contributed by atoms with Gasteiger partial charge in [-0.25, -0.2) is 0 Å². The summed E-state index contributed by atoms with van der Waals surface area (Å²) in [6, 6.07) is 7.03. The van der Waals surface area contributed by atoms with Gasteiger partial charge in [0.1, 0.15) is 5.75 Å². The van der Waals surface area contributed by atoms with Crippen LogP contribution < -0.4 is 14.2 Å². The van der Waals surface area contributed by atoms with Crippen LogP contribution >= 0.6 is 0 Å². The van der Waals surface area contributed by atoms with Crippen LogP contribution in [0.5, 0.6) is 17.2 Å². The molecule has 40 heavy (non-hydrogen) atoms. The zero-order chi connectivity index (χ0) is 28.0. The highest BCUT2D eigenvalue weighted by Gasteiger charge is 2.35. The van der Waals surface area contributed by atoms with Gasteiger partial charge in [-0.2, -0.15) is 0 Å². The first-order valence-corrected chi connectivity index (χ1v) is 13.5. The predicted octanol–water partition coefficient (Wildman–Crippen LogP) is 4.82. The van der Waals surface area contributed by atoms with Gasteiger partial charge in [-0.05, 0) is 37.5 Å². The molecular formula is C31H32N4O5. The molecular weight excluding hydrogens is 508 g/mol. The minimum atomic E-state index is -0.0811. The Kier molecular flexibility index (Phi) is 6.65. The molecule has 9 nitrogen and oxygen atoms in total. The summed E-state index contributed by atoms with van der Waals surface area (Å²) in [5, 5.41) is 0. The maximum absolute atomic E-state index is 13.2. The molecule has 2 aromatic carbocycles. The van der Waals surface area contributed by atoms with E-state index in [-0.39, 0.29) is 23.9 Å². The summed E-state index contributed by atoms with van der Waals surface area (Å²) < 4.78 is 17.6. The van der Waals surface area contributed by atoms with Crippen molar-refractivity contribution in [1.29, 1.82) is 0 Å². The second kappa shape index (κ2) is 10.3. The van der Waals surface area contributed by atoms with Crippen LogP contribution in [-0.2, 0) is 0 Å². The third-order valence-electron chi connectivity index (χ3n) is 7.72. The lowest BCUT2D eigenvalue weighted by atomic mass is 10.1. The van der Waals surface area contributed by atoms with E-state index >= 15 is 0 Å². The smallest absolute Gasteiger partial charge is 0.257 e. The summed E-state index contributed by atoms with van der Waals surface area (Å²) in [6.07, 6.45) is 5.73. The fourth-order valence-electron chi connectivity index (χ4n) is 5.64. The van der Waals surface area contributed by atoms with Gasteiger partial charge in [0.15, 0.2) is 11.5 Å². The molecule has 1 unspecified atom stereocenters. The van der Waals surface area contributed by atoms with E-state index in [1.807, 2.05) is 36.4 Å². The fraction of sp³-hybridized carbons (Fsp3) is 0.355. The molecule has 2 saturated heterocycles. The molecule has 206 valence electrons. The van der Waals surface area contributed by atoms with Gasteiger partial charge in [0.25, 0.3) is 11.8 Å². The van der Waals surface area contributed by atoms with Gasteiger partial charge < -0.3 is 24.0 Å². The fourth-order valence-corrected chi connectivity index (χ4v) is 5.64. The van der Waals surface area contributed by atoms with E-state index < -0.39 is 0 Å². The van der Waals surface area contributed by atoms with Crippen LogP contribution in [0, 0.1) is 6.92 Å². The topological polar surface area (TPSA) is 93.0 Å².